The van der Waals surface area contributed by atoms with E-state index in [9.17, 15) is 9.59 Å². The van der Waals surface area contributed by atoms with E-state index in [1.807, 2.05) is 74.5 Å². The van der Waals surface area contributed by atoms with Gasteiger partial charge in [-0.15, -0.1) is 0 Å². The molecule has 0 radical (unpaired) electrons. The van der Waals surface area contributed by atoms with Gasteiger partial charge in [-0.2, -0.15) is 0 Å². The van der Waals surface area contributed by atoms with E-state index in [-0.39, 0.29) is 25.0 Å². The molecule has 2 aliphatic rings. The number of aryl methyl sites for hydroxylation is 2. The van der Waals surface area contributed by atoms with Crippen LogP contribution in [0.4, 0.5) is 11.4 Å². The van der Waals surface area contributed by atoms with Crippen molar-refractivity contribution < 1.29 is 23.8 Å². The van der Waals surface area contributed by atoms with Gasteiger partial charge in [0.05, 0.1) is 19.3 Å². The molecule has 0 spiro atoms. The summed E-state index contributed by atoms with van der Waals surface area (Å²) in [5, 5.41) is 2.90. The van der Waals surface area contributed by atoms with Gasteiger partial charge in [0.25, 0.3) is 0 Å². The first-order chi connectivity index (χ1) is 17.9. The highest BCUT2D eigenvalue weighted by molar-refractivity contribution is 8.15. The second-order valence-electron chi connectivity index (χ2n) is 8.88. The van der Waals surface area contributed by atoms with Gasteiger partial charge in [0.1, 0.15) is 11.0 Å². The zero-order chi connectivity index (χ0) is 25.9. The average Bonchev–Trinajstić information content (AvgIpc) is 3.46. The molecule has 37 heavy (non-hydrogen) atoms. The summed E-state index contributed by atoms with van der Waals surface area (Å²) in [5.41, 5.74) is 4.41. The number of fused-ring (bicyclic) bond motifs is 1. The Kier molecular flexibility index (Phi) is 7.05. The van der Waals surface area contributed by atoms with Crippen molar-refractivity contribution in [1.29, 1.82) is 0 Å². The van der Waals surface area contributed by atoms with Crippen molar-refractivity contribution >= 4 is 40.1 Å². The summed E-state index contributed by atoms with van der Waals surface area (Å²) < 4.78 is 16.1. The van der Waals surface area contributed by atoms with Gasteiger partial charge in [-0.1, -0.05) is 35.5 Å². The number of benzene rings is 3. The maximum Gasteiger partial charge on any atom is 0.242 e. The minimum absolute atomic E-state index is 0.0378. The molecule has 1 N–H and O–H groups in total. The molecule has 1 saturated heterocycles. The van der Waals surface area contributed by atoms with Gasteiger partial charge in [0, 0.05) is 12.1 Å². The van der Waals surface area contributed by atoms with E-state index in [0.29, 0.717) is 28.9 Å². The highest BCUT2D eigenvalue weighted by Gasteiger charge is 2.39. The third-order valence-electron chi connectivity index (χ3n) is 6.12. The van der Waals surface area contributed by atoms with Crippen LogP contribution in [-0.4, -0.2) is 41.0 Å². The smallest absolute Gasteiger partial charge is 0.242 e. The number of anilines is 1. The van der Waals surface area contributed by atoms with Crippen LogP contribution >= 0.6 is 11.8 Å². The van der Waals surface area contributed by atoms with Crippen LogP contribution in [0.15, 0.2) is 65.7 Å². The molecule has 0 aromatic heterocycles. The molecule has 5 rings (SSSR count). The molecule has 9 heteroatoms. The first-order valence-electron chi connectivity index (χ1n) is 11.9. The van der Waals surface area contributed by atoms with E-state index in [0.717, 1.165) is 28.1 Å². The standard InChI is InChI=1S/C28H27N3O5S/c1-17-4-10-22(18(2)12-17)30-26(32)14-25-27(33)31(15-19-5-11-23-24(13-19)36-16-35-23)28(37-25)29-20-6-8-21(34-3)9-7-20/h4-13,25H,14-16H2,1-3H3,(H,30,32)/t25-/m0/s1. The number of carbonyl (C=O) groups excluding carboxylic acids is 2. The molecule has 2 aliphatic heterocycles. The number of rotatable bonds is 7. The summed E-state index contributed by atoms with van der Waals surface area (Å²) in [6.07, 6.45) is 0.0378. The van der Waals surface area contributed by atoms with Crippen LogP contribution in [0.2, 0.25) is 0 Å². The van der Waals surface area contributed by atoms with Crippen LogP contribution in [0.3, 0.4) is 0 Å². The molecule has 3 aromatic carbocycles. The lowest BCUT2D eigenvalue weighted by Crippen LogP contribution is -2.33. The Morgan fingerprint density at radius 3 is 2.62 bits per heavy atom. The fourth-order valence-electron chi connectivity index (χ4n) is 4.18. The minimum atomic E-state index is -0.586. The van der Waals surface area contributed by atoms with Gasteiger partial charge in [0.2, 0.25) is 18.6 Å². The molecule has 1 atom stereocenters. The summed E-state index contributed by atoms with van der Waals surface area (Å²) in [6.45, 7) is 4.43. The van der Waals surface area contributed by atoms with E-state index in [2.05, 4.69) is 5.32 Å². The molecule has 190 valence electrons. The number of methoxy groups -OCH3 is 1. The van der Waals surface area contributed by atoms with Crippen LogP contribution in [0.5, 0.6) is 17.2 Å². The monoisotopic (exact) mass is 517 g/mol. The molecule has 2 heterocycles. The number of amidine groups is 1. The van der Waals surface area contributed by atoms with Crippen molar-refractivity contribution in [2.24, 2.45) is 4.99 Å². The first kappa shape index (κ1) is 24.7. The number of amides is 2. The first-order valence-corrected chi connectivity index (χ1v) is 12.7. The van der Waals surface area contributed by atoms with Crippen molar-refractivity contribution in [3.8, 4) is 17.2 Å². The van der Waals surface area contributed by atoms with Gasteiger partial charge in [-0.25, -0.2) is 4.99 Å². The minimum Gasteiger partial charge on any atom is -0.497 e. The lowest BCUT2D eigenvalue weighted by Gasteiger charge is -2.17. The van der Waals surface area contributed by atoms with Crippen molar-refractivity contribution in [2.45, 2.75) is 32.1 Å². The van der Waals surface area contributed by atoms with Crippen LogP contribution in [0.1, 0.15) is 23.1 Å². The van der Waals surface area contributed by atoms with Gasteiger partial charge in [0.15, 0.2) is 16.7 Å². The molecule has 0 bridgehead atoms. The van der Waals surface area contributed by atoms with E-state index < -0.39 is 5.25 Å². The summed E-state index contributed by atoms with van der Waals surface area (Å²) in [7, 11) is 1.60. The Morgan fingerprint density at radius 2 is 1.86 bits per heavy atom. The van der Waals surface area contributed by atoms with Gasteiger partial charge in [-0.05, 0) is 67.4 Å². The Labute approximate surface area is 219 Å². The third-order valence-corrected chi connectivity index (χ3v) is 7.30. The molecule has 1 fully saturated rings. The zero-order valence-corrected chi connectivity index (χ0v) is 21.6. The van der Waals surface area contributed by atoms with E-state index in [1.54, 1.807) is 12.0 Å². The third kappa shape index (κ3) is 5.56. The lowest BCUT2D eigenvalue weighted by molar-refractivity contribution is -0.128. The molecule has 2 amide bonds. The summed E-state index contributed by atoms with van der Waals surface area (Å²) in [5.74, 6) is 1.67. The maximum atomic E-state index is 13.5. The van der Waals surface area contributed by atoms with Crippen molar-refractivity contribution in [2.75, 3.05) is 19.2 Å². The van der Waals surface area contributed by atoms with Gasteiger partial charge < -0.3 is 19.5 Å². The molecule has 0 unspecified atom stereocenters. The largest absolute Gasteiger partial charge is 0.497 e. The molecule has 0 aliphatic carbocycles. The number of carbonyl (C=O) groups is 2. The van der Waals surface area contributed by atoms with Gasteiger partial charge in [-0.3, -0.25) is 14.5 Å². The number of ether oxygens (including phenoxy) is 3. The SMILES string of the molecule is COc1ccc(N=C2S[C@@H](CC(=O)Nc3ccc(C)cc3C)C(=O)N2Cc2ccc3c(c2)OCO3)cc1. The number of nitrogens with one attached hydrogen (secondary N) is 1. The second-order valence-corrected chi connectivity index (χ2v) is 10.1. The van der Waals surface area contributed by atoms with Crippen LogP contribution in [0.25, 0.3) is 0 Å². The fourth-order valence-corrected chi connectivity index (χ4v) is 5.34. The van der Waals surface area contributed by atoms with Gasteiger partial charge >= 0.3 is 0 Å². The van der Waals surface area contributed by atoms with Crippen molar-refractivity contribution in [1.82, 2.24) is 4.90 Å². The number of aliphatic imine (C=N–C) groups is 1. The topological polar surface area (TPSA) is 89.5 Å². The second kappa shape index (κ2) is 10.6. The predicted molar refractivity (Wildman–Crippen MR) is 144 cm³/mol. The molecule has 0 saturated carbocycles. The molecular weight excluding hydrogens is 490 g/mol. The Hall–Kier alpha value is -3.98. The quantitative estimate of drug-likeness (QED) is 0.463. The van der Waals surface area contributed by atoms with E-state index in [1.165, 1.54) is 11.8 Å². The van der Waals surface area contributed by atoms with Crippen LogP contribution < -0.4 is 19.5 Å². The fraction of sp³-hybridized carbons (Fsp3) is 0.250. The number of thioether (sulfide) groups is 1. The normalized spacial score (nSPS) is 17.4. The zero-order valence-electron chi connectivity index (χ0n) is 20.8. The predicted octanol–water partition coefficient (Wildman–Crippen LogP) is 5.20. The Balaban J connectivity index is 1.37. The maximum absolute atomic E-state index is 13.5. The number of hydrogen-bond donors (Lipinski definition) is 1. The molecule has 8 nitrogen and oxygen atoms in total. The van der Waals surface area contributed by atoms with Crippen molar-refractivity contribution in [3.05, 3.63) is 77.4 Å². The number of nitrogens with zero attached hydrogens (tertiary/aromatic N) is 2. The Morgan fingerprint density at radius 1 is 1.08 bits per heavy atom. The van der Waals surface area contributed by atoms with Crippen LogP contribution in [-0.2, 0) is 16.1 Å². The molecule has 3 aromatic rings. The highest BCUT2D eigenvalue weighted by Crippen LogP contribution is 2.36. The number of hydrogen-bond acceptors (Lipinski definition) is 7. The summed E-state index contributed by atoms with van der Waals surface area (Å²) in [4.78, 5) is 32.8. The van der Waals surface area contributed by atoms with Crippen LogP contribution in [0, 0.1) is 13.8 Å². The van der Waals surface area contributed by atoms with E-state index >= 15 is 0 Å². The van der Waals surface area contributed by atoms with E-state index in [4.69, 9.17) is 19.2 Å². The summed E-state index contributed by atoms with van der Waals surface area (Å²) in [6, 6.07) is 18.7. The average molecular weight is 518 g/mol. The Bertz CT molecular complexity index is 1370. The van der Waals surface area contributed by atoms with Crippen molar-refractivity contribution in [3.63, 3.8) is 0 Å². The molecular formula is C28H27N3O5S. The highest BCUT2D eigenvalue weighted by atomic mass is 32.2. The lowest BCUT2D eigenvalue weighted by atomic mass is 10.1. The summed E-state index contributed by atoms with van der Waals surface area (Å²) >= 11 is 1.30.